The summed E-state index contributed by atoms with van der Waals surface area (Å²) in [5.74, 6) is 0. The standard InChI is InChI=1S/C74H50N2O2/c1-73(2)62-30-14-11-27-56(62)61-44-52(38-42-63(61)73)75(54-36-39-58-57-28-12-15-32-67(57)78-70(58)46-54)50-24-17-25-51(43-50)76(66-31-18-34-69-72(66)60-29-13-16-33-68(60)77-69)53-37-40-59-65(45-53)74(48-20-5-3-6-21-48,49-22-7-4-8-23-49)64-41-35-47-19-9-10-26-55(47)71(59)64/h3-46H,1-2H3. The molecule has 0 saturated carbocycles. The second-order valence-corrected chi connectivity index (χ2v) is 21.5. The number of hydrogen-bond acceptors (Lipinski definition) is 4. The summed E-state index contributed by atoms with van der Waals surface area (Å²) in [5.41, 5.74) is 21.4. The third-order valence-corrected chi connectivity index (χ3v) is 17.1. The number of benzene rings is 12. The Morgan fingerprint density at radius 2 is 0.859 bits per heavy atom. The number of fused-ring (bicyclic) bond motifs is 14. The molecule has 14 aromatic rings. The van der Waals surface area contributed by atoms with Crippen LogP contribution in [0.25, 0.3) is 76.9 Å². The highest BCUT2D eigenvalue weighted by atomic mass is 16.3. The predicted molar refractivity (Wildman–Crippen MR) is 323 cm³/mol. The van der Waals surface area contributed by atoms with Crippen LogP contribution in [0.4, 0.5) is 34.1 Å². The Kier molecular flexibility index (Phi) is 9.56. The van der Waals surface area contributed by atoms with Crippen molar-refractivity contribution in [3.8, 4) is 22.3 Å². The molecule has 0 saturated heterocycles. The molecule has 4 heteroatoms. The van der Waals surface area contributed by atoms with Gasteiger partial charge < -0.3 is 18.6 Å². The Balaban J connectivity index is 0.961. The van der Waals surface area contributed by atoms with E-state index < -0.39 is 5.41 Å². The summed E-state index contributed by atoms with van der Waals surface area (Å²) in [6, 6.07) is 97.8. The summed E-state index contributed by atoms with van der Waals surface area (Å²) in [4.78, 5) is 4.86. The lowest BCUT2D eigenvalue weighted by atomic mass is 9.67. The molecule has 16 rings (SSSR count). The summed E-state index contributed by atoms with van der Waals surface area (Å²) in [6.07, 6.45) is 0. The molecule has 368 valence electrons. The van der Waals surface area contributed by atoms with Crippen LogP contribution in [0.2, 0.25) is 0 Å². The maximum atomic E-state index is 6.69. The second-order valence-electron chi connectivity index (χ2n) is 21.5. The Morgan fingerprint density at radius 3 is 1.67 bits per heavy atom. The lowest BCUT2D eigenvalue weighted by Gasteiger charge is -2.35. The smallest absolute Gasteiger partial charge is 0.137 e. The van der Waals surface area contributed by atoms with E-state index in [4.69, 9.17) is 8.83 Å². The van der Waals surface area contributed by atoms with Gasteiger partial charge in [0.05, 0.1) is 16.5 Å². The van der Waals surface area contributed by atoms with Crippen LogP contribution in [0.5, 0.6) is 0 Å². The predicted octanol–water partition coefficient (Wildman–Crippen LogP) is 20.2. The fraction of sp³-hybridized carbons (Fsp3) is 0.0541. The van der Waals surface area contributed by atoms with Crippen molar-refractivity contribution in [3.63, 3.8) is 0 Å². The third-order valence-electron chi connectivity index (χ3n) is 17.1. The number of hydrogen-bond donors (Lipinski definition) is 0. The van der Waals surface area contributed by atoms with E-state index in [1.165, 1.54) is 66.4 Å². The van der Waals surface area contributed by atoms with E-state index in [1.54, 1.807) is 0 Å². The van der Waals surface area contributed by atoms with Gasteiger partial charge >= 0.3 is 0 Å². The number of nitrogens with zero attached hydrogens (tertiary/aromatic N) is 2. The Hall–Kier alpha value is -9.90. The zero-order valence-corrected chi connectivity index (χ0v) is 43.1. The molecule has 0 unspecified atom stereocenters. The first-order valence-corrected chi connectivity index (χ1v) is 27.0. The van der Waals surface area contributed by atoms with Gasteiger partial charge in [-0.25, -0.2) is 0 Å². The van der Waals surface area contributed by atoms with Crippen LogP contribution < -0.4 is 9.80 Å². The lowest BCUT2D eigenvalue weighted by Crippen LogP contribution is -2.28. The molecule has 12 aromatic carbocycles. The number of rotatable bonds is 8. The van der Waals surface area contributed by atoms with Gasteiger partial charge in [0.15, 0.2) is 0 Å². The van der Waals surface area contributed by atoms with Crippen LogP contribution >= 0.6 is 0 Å². The highest BCUT2D eigenvalue weighted by Gasteiger charge is 2.47. The molecule has 78 heavy (non-hydrogen) atoms. The Morgan fingerprint density at radius 1 is 0.308 bits per heavy atom. The minimum absolute atomic E-state index is 0.135. The van der Waals surface area contributed by atoms with Gasteiger partial charge in [-0.15, -0.1) is 0 Å². The zero-order valence-electron chi connectivity index (χ0n) is 43.1. The SMILES string of the molecule is CC1(C)c2ccccc2-c2cc(N(c3cccc(N(c4ccc5c(c4)C(c4ccccc4)(c4ccccc4)c4ccc6ccccc6c4-5)c4cccc5oc6ccccc6c45)c3)c3ccc4c(c3)oc3ccccc34)ccc21. The molecule has 0 N–H and O–H groups in total. The van der Waals surface area contributed by atoms with Crippen LogP contribution in [0.1, 0.15) is 47.2 Å². The first-order chi connectivity index (χ1) is 38.4. The van der Waals surface area contributed by atoms with Crippen molar-refractivity contribution in [2.24, 2.45) is 0 Å². The molecule has 0 amide bonds. The van der Waals surface area contributed by atoms with E-state index in [1.807, 2.05) is 6.07 Å². The summed E-state index contributed by atoms with van der Waals surface area (Å²) in [7, 11) is 0. The molecule has 2 aliphatic carbocycles. The molecule has 0 aliphatic heterocycles. The van der Waals surface area contributed by atoms with Crippen molar-refractivity contribution in [3.05, 3.63) is 300 Å². The van der Waals surface area contributed by atoms with Gasteiger partial charge in [0.25, 0.3) is 0 Å². The summed E-state index contributed by atoms with van der Waals surface area (Å²) >= 11 is 0. The van der Waals surface area contributed by atoms with Crippen LogP contribution in [-0.4, -0.2) is 0 Å². The largest absolute Gasteiger partial charge is 0.456 e. The highest BCUT2D eigenvalue weighted by molar-refractivity contribution is 6.14. The molecule has 2 aromatic heterocycles. The molecule has 2 aliphatic rings. The van der Waals surface area contributed by atoms with E-state index in [0.717, 1.165) is 78.0 Å². The fourth-order valence-corrected chi connectivity index (χ4v) is 13.7. The van der Waals surface area contributed by atoms with Crippen molar-refractivity contribution in [1.82, 2.24) is 0 Å². The summed E-state index contributed by atoms with van der Waals surface area (Å²) < 4.78 is 13.3. The molecule has 0 fully saturated rings. The molecule has 0 atom stereocenters. The van der Waals surface area contributed by atoms with Gasteiger partial charge in [-0.2, -0.15) is 0 Å². The molecule has 0 bridgehead atoms. The van der Waals surface area contributed by atoms with Crippen molar-refractivity contribution in [1.29, 1.82) is 0 Å². The molecular formula is C74H50N2O2. The average molecular weight is 999 g/mol. The van der Waals surface area contributed by atoms with Crippen LogP contribution in [0, 0.1) is 0 Å². The average Bonchev–Trinajstić information content (AvgIpc) is 4.40. The molecular weight excluding hydrogens is 949 g/mol. The molecule has 0 spiro atoms. The van der Waals surface area contributed by atoms with Crippen LogP contribution in [0.3, 0.4) is 0 Å². The van der Waals surface area contributed by atoms with Gasteiger partial charge in [-0.1, -0.05) is 196 Å². The van der Waals surface area contributed by atoms with Crippen molar-refractivity contribution in [2.75, 3.05) is 9.80 Å². The summed E-state index contributed by atoms with van der Waals surface area (Å²) in [5, 5.41) is 6.78. The maximum Gasteiger partial charge on any atom is 0.137 e. The fourth-order valence-electron chi connectivity index (χ4n) is 13.7. The van der Waals surface area contributed by atoms with E-state index in [2.05, 4.69) is 285 Å². The minimum atomic E-state index is -0.637. The Bertz CT molecular complexity index is 4700. The second kappa shape index (κ2) is 16.8. The van der Waals surface area contributed by atoms with Crippen LogP contribution in [0.15, 0.2) is 276 Å². The van der Waals surface area contributed by atoms with Gasteiger partial charge in [0, 0.05) is 56.1 Å². The maximum absolute atomic E-state index is 6.69. The van der Waals surface area contributed by atoms with Crippen molar-refractivity contribution < 1.29 is 8.83 Å². The van der Waals surface area contributed by atoms with E-state index in [-0.39, 0.29) is 5.41 Å². The lowest BCUT2D eigenvalue weighted by molar-refractivity contribution is 0.660. The van der Waals surface area contributed by atoms with Gasteiger partial charge in [-0.3, -0.25) is 0 Å². The first kappa shape index (κ1) is 44.4. The summed E-state index contributed by atoms with van der Waals surface area (Å²) in [6.45, 7) is 4.69. The monoisotopic (exact) mass is 998 g/mol. The van der Waals surface area contributed by atoms with Crippen LogP contribution in [-0.2, 0) is 10.8 Å². The minimum Gasteiger partial charge on any atom is -0.456 e. The number of anilines is 6. The van der Waals surface area contributed by atoms with Gasteiger partial charge in [0.2, 0.25) is 0 Å². The van der Waals surface area contributed by atoms with E-state index in [9.17, 15) is 0 Å². The van der Waals surface area contributed by atoms with Gasteiger partial charge in [-0.05, 0) is 145 Å². The zero-order chi connectivity index (χ0) is 51.7. The highest BCUT2D eigenvalue weighted by Crippen LogP contribution is 2.60. The van der Waals surface area contributed by atoms with Crippen molar-refractivity contribution in [2.45, 2.75) is 24.7 Å². The first-order valence-electron chi connectivity index (χ1n) is 27.0. The Labute approximate surface area is 452 Å². The van der Waals surface area contributed by atoms with E-state index >= 15 is 0 Å². The molecule has 4 nitrogen and oxygen atoms in total. The van der Waals surface area contributed by atoms with E-state index in [0.29, 0.717) is 0 Å². The molecule has 2 heterocycles. The quantitative estimate of drug-likeness (QED) is 0.152. The number of para-hydroxylation sites is 2. The van der Waals surface area contributed by atoms with Crippen molar-refractivity contribution >= 4 is 88.8 Å². The van der Waals surface area contributed by atoms with Gasteiger partial charge in [0.1, 0.15) is 22.3 Å². The third kappa shape index (κ3) is 6.35. The topological polar surface area (TPSA) is 32.8 Å². The molecule has 0 radical (unpaired) electrons. The number of furan rings is 2. The normalized spacial score (nSPS) is 13.7.